The molecule has 1 aromatic heterocycles. The molecule has 4 rings (SSSR count). The first-order chi connectivity index (χ1) is 14.3. The summed E-state index contributed by atoms with van der Waals surface area (Å²) in [7, 11) is 3.56. The molecule has 162 valence electrons. The average molecular weight is 424 g/mol. The molecule has 0 radical (unpaired) electrons. The third kappa shape index (κ3) is 3.83. The van der Waals surface area contributed by atoms with Crippen molar-refractivity contribution < 1.29 is 27.6 Å². The van der Waals surface area contributed by atoms with Gasteiger partial charge in [0.15, 0.2) is 6.04 Å². The number of quaternary nitrogens is 1. The Hall–Kier alpha value is -2.75. The van der Waals surface area contributed by atoms with Crippen molar-refractivity contribution in [2.75, 3.05) is 45.7 Å². The maximum Gasteiger partial charge on any atom is 0.410 e. The van der Waals surface area contributed by atoms with Gasteiger partial charge in [0.25, 0.3) is 5.91 Å². The second-order valence-electron chi connectivity index (χ2n) is 7.87. The van der Waals surface area contributed by atoms with Gasteiger partial charge in [-0.15, -0.1) is 0 Å². The van der Waals surface area contributed by atoms with Gasteiger partial charge >= 0.3 is 6.18 Å². The Labute approximate surface area is 172 Å². The fraction of sp³-hybridized carbons (Fsp3) is 0.500. The van der Waals surface area contributed by atoms with Crippen LogP contribution in [0.3, 0.4) is 0 Å². The van der Waals surface area contributed by atoms with E-state index in [-0.39, 0.29) is 23.7 Å². The number of alkyl halides is 3. The number of hydrogen-bond acceptors (Lipinski definition) is 4. The van der Waals surface area contributed by atoms with E-state index >= 15 is 0 Å². The van der Waals surface area contributed by atoms with Crippen molar-refractivity contribution in [1.29, 1.82) is 0 Å². The molecule has 7 nitrogen and oxygen atoms in total. The van der Waals surface area contributed by atoms with Crippen LogP contribution in [0.2, 0.25) is 0 Å². The van der Waals surface area contributed by atoms with Crippen LogP contribution in [0.25, 0.3) is 0 Å². The quantitative estimate of drug-likeness (QED) is 0.785. The molecule has 0 aliphatic carbocycles. The van der Waals surface area contributed by atoms with Crippen molar-refractivity contribution >= 4 is 11.7 Å². The summed E-state index contributed by atoms with van der Waals surface area (Å²) in [6, 6.07) is 4.50. The van der Waals surface area contributed by atoms with Crippen LogP contribution < -0.4 is 15.0 Å². The molecule has 1 fully saturated rings. The van der Waals surface area contributed by atoms with Crippen molar-refractivity contribution in [2.45, 2.75) is 24.7 Å². The van der Waals surface area contributed by atoms with Gasteiger partial charge in [0.1, 0.15) is 17.1 Å². The maximum absolute atomic E-state index is 13.9. The Balaban J connectivity index is 1.68. The lowest BCUT2D eigenvalue weighted by Gasteiger charge is -2.35. The molecular formula is C20H25F3N5O2+. The predicted octanol–water partition coefficient (Wildman–Crippen LogP) is 1.52. The number of benzene rings is 1. The van der Waals surface area contributed by atoms with Gasteiger partial charge < -0.3 is 19.9 Å². The van der Waals surface area contributed by atoms with Gasteiger partial charge in [0, 0.05) is 6.42 Å². The molecule has 2 aliphatic rings. The summed E-state index contributed by atoms with van der Waals surface area (Å²) in [6.07, 6.45) is -3.46. The molecule has 2 atom stereocenters. The number of aromatic nitrogens is 2. The van der Waals surface area contributed by atoms with E-state index in [1.165, 1.54) is 18.2 Å². The highest BCUT2D eigenvalue weighted by molar-refractivity contribution is 5.99. The molecule has 3 heterocycles. The third-order valence-electron chi connectivity index (χ3n) is 5.87. The smallest absolute Gasteiger partial charge is 0.410 e. The number of carbonyl (C=O) groups excluding carboxylic acids is 1. The minimum atomic E-state index is -4.49. The standard InChI is InChI=1S/C20H24F3N5O2/c1-26-6-8-27(9-7-26)19(29)15-12-24-28-17(20(21,22)23)11-16(25-18(15)28)13-4-3-5-14(10-13)30-2/h3-5,10,12,16-17,25H,6-9,11H2,1-2H3/p+1/t16-,17-/m1/s1. The number of rotatable bonds is 3. The molecule has 2 aromatic rings. The Bertz CT molecular complexity index is 921. The summed E-state index contributed by atoms with van der Waals surface area (Å²) in [4.78, 5) is 16.1. The van der Waals surface area contributed by atoms with Gasteiger partial charge in [0.2, 0.25) is 0 Å². The number of methoxy groups -OCH3 is 1. The molecule has 2 N–H and O–H groups in total. The summed E-state index contributed by atoms with van der Waals surface area (Å²) in [5.74, 6) is 0.393. The number of fused-ring (bicyclic) bond motifs is 1. The maximum atomic E-state index is 13.9. The van der Waals surface area contributed by atoms with Gasteiger partial charge in [0.05, 0.1) is 52.6 Å². The van der Waals surface area contributed by atoms with Crippen molar-refractivity contribution in [3.05, 3.63) is 41.6 Å². The second kappa shape index (κ2) is 7.82. The molecule has 0 saturated carbocycles. The number of carbonyl (C=O) groups is 1. The highest BCUT2D eigenvalue weighted by atomic mass is 19.4. The van der Waals surface area contributed by atoms with Crippen molar-refractivity contribution in [2.24, 2.45) is 0 Å². The summed E-state index contributed by atoms with van der Waals surface area (Å²) in [5.41, 5.74) is 0.842. The van der Waals surface area contributed by atoms with Gasteiger partial charge in [-0.3, -0.25) is 4.79 Å². The molecule has 1 amide bonds. The normalized spacial score (nSPS) is 22.4. The summed E-state index contributed by atoms with van der Waals surface area (Å²) >= 11 is 0. The average Bonchev–Trinajstić information content (AvgIpc) is 3.16. The molecule has 0 unspecified atom stereocenters. The van der Waals surface area contributed by atoms with Crippen LogP contribution in [0.5, 0.6) is 5.75 Å². The van der Waals surface area contributed by atoms with E-state index < -0.39 is 18.3 Å². The zero-order valence-electron chi connectivity index (χ0n) is 16.9. The molecule has 0 bridgehead atoms. The molecule has 1 aromatic carbocycles. The minimum Gasteiger partial charge on any atom is -0.497 e. The summed E-state index contributed by atoms with van der Waals surface area (Å²) < 4.78 is 47.7. The van der Waals surface area contributed by atoms with Gasteiger partial charge in [-0.2, -0.15) is 18.3 Å². The fourth-order valence-electron chi connectivity index (χ4n) is 4.06. The molecular weight excluding hydrogens is 399 g/mol. The number of hydrogen-bond donors (Lipinski definition) is 2. The lowest BCUT2D eigenvalue weighted by Crippen LogP contribution is -3.12. The van der Waals surface area contributed by atoms with E-state index in [1.54, 1.807) is 29.2 Å². The van der Waals surface area contributed by atoms with Gasteiger partial charge in [-0.05, 0) is 17.7 Å². The molecule has 1 saturated heterocycles. The van der Waals surface area contributed by atoms with Crippen LogP contribution >= 0.6 is 0 Å². The van der Waals surface area contributed by atoms with Crippen LogP contribution in [-0.2, 0) is 0 Å². The zero-order chi connectivity index (χ0) is 21.5. The van der Waals surface area contributed by atoms with E-state index in [2.05, 4.69) is 17.5 Å². The number of nitrogens with zero attached hydrogens (tertiary/aromatic N) is 3. The predicted molar refractivity (Wildman–Crippen MR) is 104 cm³/mol. The second-order valence-corrected chi connectivity index (χ2v) is 7.87. The monoisotopic (exact) mass is 424 g/mol. The summed E-state index contributed by atoms with van der Waals surface area (Å²) in [5, 5.41) is 7.09. The number of halogens is 3. The number of ether oxygens (including phenoxy) is 1. The van der Waals surface area contributed by atoms with Crippen LogP contribution in [0.15, 0.2) is 30.5 Å². The van der Waals surface area contributed by atoms with Crippen molar-refractivity contribution in [1.82, 2.24) is 14.7 Å². The molecule has 0 spiro atoms. The van der Waals surface area contributed by atoms with Crippen LogP contribution in [-0.4, -0.2) is 67.1 Å². The third-order valence-corrected chi connectivity index (χ3v) is 5.87. The van der Waals surface area contributed by atoms with Crippen molar-refractivity contribution in [3.63, 3.8) is 0 Å². The van der Waals surface area contributed by atoms with Crippen LogP contribution in [0, 0.1) is 0 Å². The molecule has 2 aliphatic heterocycles. The highest BCUT2D eigenvalue weighted by Gasteiger charge is 2.47. The highest BCUT2D eigenvalue weighted by Crippen LogP contribution is 2.44. The SMILES string of the molecule is COc1cccc([C@H]2C[C@H](C(F)(F)F)n3ncc(C(=O)N4CC[NH+](C)CC4)c3N2)c1. The lowest BCUT2D eigenvalue weighted by molar-refractivity contribution is -0.883. The van der Waals surface area contributed by atoms with Gasteiger partial charge in [-0.25, -0.2) is 4.68 Å². The van der Waals surface area contributed by atoms with E-state index in [4.69, 9.17) is 4.74 Å². The number of piperazine rings is 1. The van der Waals surface area contributed by atoms with E-state index in [0.29, 0.717) is 24.4 Å². The first-order valence-corrected chi connectivity index (χ1v) is 9.93. The Morgan fingerprint density at radius 3 is 2.70 bits per heavy atom. The Morgan fingerprint density at radius 2 is 2.03 bits per heavy atom. The first-order valence-electron chi connectivity index (χ1n) is 9.93. The Kier molecular flexibility index (Phi) is 5.35. The minimum absolute atomic E-state index is 0.118. The fourth-order valence-corrected chi connectivity index (χ4v) is 4.06. The van der Waals surface area contributed by atoms with E-state index in [1.807, 2.05) is 0 Å². The number of nitrogens with one attached hydrogen (secondary N) is 2. The Morgan fingerprint density at radius 1 is 1.30 bits per heavy atom. The molecule has 30 heavy (non-hydrogen) atoms. The van der Waals surface area contributed by atoms with Crippen molar-refractivity contribution in [3.8, 4) is 5.75 Å². The number of amides is 1. The topological polar surface area (TPSA) is 63.8 Å². The zero-order valence-corrected chi connectivity index (χ0v) is 16.9. The number of likely N-dealkylation sites (N-methyl/N-ethyl adjacent to an activating group) is 1. The molecule has 10 heteroatoms. The lowest BCUT2D eigenvalue weighted by atomic mass is 9.96. The number of anilines is 1. The van der Waals surface area contributed by atoms with Crippen LogP contribution in [0.4, 0.5) is 19.0 Å². The van der Waals surface area contributed by atoms with Gasteiger partial charge in [-0.1, -0.05) is 12.1 Å². The summed E-state index contributed by atoms with van der Waals surface area (Å²) in [6.45, 7) is 2.75. The largest absolute Gasteiger partial charge is 0.497 e. The first kappa shape index (κ1) is 20.5. The van der Waals surface area contributed by atoms with Crippen LogP contribution in [0.1, 0.15) is 34.4 Å². The van der Waals surface area contributed by atoms with E-state index in [0.717, 1.165) is 17.8 Å². The van der Waals surface area contributed by atoms with E-state index in [9.17, 15) is 18.0 Å².